The lowest BCUT2D eigenvalue weighted by Crippen LogP contribution is -2.33. The molecule has 3 rings (SSSR count). The molecule has 0 aliphatic carbocycles. The smallest absolute Gasteiger partial charge is 0.0426 e. The highest BCUT2D eigenvalue weighted by atomic mass is 35.5. The number of rotatable bonds is 5. The van der Waals surface area contributed by atoms with Crippen molar-refractivity contribution in [1.82, 2.24) is 5.32 Å². The minimum absolute atomic E-state index is 0.476. The lowest BCUT2D eigenvalue weighted by Gasteiger charge is -2.36. The molecule has 1 N–H and O–H groups in total. The molecule has 1 aliphatic rings. The van der Waals surface area contributed by atoms with Gasteiger partial charge in [0.25, 0.3) is 0 Å². The largest absolute Gasteiger partial charge is 0.371 e. The van der Waals surface area contributed by atoms with Crippen molar-refractivity contribution in [3.8, 4) is 0 Å². The number of fused-ring (bicyclic) bond motifs is 1. The van der Waals surface area contributed by atoms with E-state index < -0.39 is 0 Å². The lowest BCUT2D eigenvalue weighted by molar-refractivity contribution is 0.608. The zero-order valence-electron chi connectivity index (χ0n) is 14.0. The quantitative estimate of drug-likeness (QED) is 0.807. The van der Waals surface area contributed by atoms with Gasteiger partial charge in [-0.05, 0) is 62.2 Å². The number of benzene rings is 2. The number of hydrogen-bond acceptors (Lipinski definition) is 2. The summed E-state index contributed by atoms with van der Waals surface area (Å²) in [5, 5.41) is 4.06. The van der Waals surface area contributed by atoms with Gasteiger partial charge in [-0.25, -0.2) is 0 Å². The monoisotopic (exact) mass is 328 g/mol. The Kier molecular flexibility index (Phi) is 5.24. The predicted octanol–water partition coefficient (Wildman–Crippen LogP) is 4.60. The average Bonchev–Trinajstić information content (AvgIpc) is 2.56. The van der Waals surface area contributed by atoms with Gasteiger partial charge in [-0.2, -0.15) is 0 Å². The maximum atomic E-state index is 6.29. The molecule has 1 aliphatic heterocycles. The molecule has 2 nitrogen and oxygen atoms in total. The topological polar surface area (TPSA) is 15.3 Å². The molecule has 1 unspecified atom stereocenters. The highest BCUT2D eigenvalue weighted by Gasteiger charge is 2.27. The average molecular weight is 329 g/mol. The maximum Gasteiger partial charge on any atom is 0.0426 e. The fourth-order valence-electron chi connectivity index (χ4n) is 3.63. The molecule has 1 atom stereocenters. The first-order valence-electron chi connectivity index (χ1n) is 8.45. The molecule has 0 bridgehead atoms. The summed E-state index contributed by atoms with van der Waals surface area (Å²) in [6.45, 7) is 5.43. The molecule has 0 saturated heterocycles. The van der Waals surface area contributed by atoms with E-state index in [1.165, 1.54) is 28.8 Å². The van der Waals surface area contributed by atoms with Crippen LogP contribution in [0.1, 0.15) is 35.4 Å². The first-order chi connectivity index (χ1) is 11.2. The van der Waals surface area contributed by atoms with Gasteiger partial charge in [0.15, 0.2) is 0 Å². The number of aryl methyl sites for hydroxylation is 1. The number of hydrogen-bond donors (Lipinski definition) is 1. The van der Waals surface area contributed by atoms with Crippen molar-refractivity contribution in [3.05, 3.63) is 64.2 Å². The SMILES string of the molecule is CNCCCN1CCC(c2ccccc2C)c2ccc(Cl)cc21. The molecule has 0 amide bonds. The Morgan fingerprint density at radius 3 is 2.78 bits per heavy atom. The molecular weight excluding hydrogens is 304 g/mol. The van der Waals surface area contributed by atoms with Crippen LogP contribution in [0.5, 0.6) is 0 Å². The first-order valence-corrected chi connectivity index (χ1v) is 8.83. The summed E-state index contributed by atoms with van der Waals surface area (Å²) in [5.74, 6) is 0.476. The van der Waals surface area contributed by atoms with Crippen LogP contribution in [0.2, 0.25) is 5.02 Å². The minimum atomic E-state index is 0.476. The fraction of sp³-hybridized carbons (Fsp3) is 0.400. The molecule has 0 spiro atoms. The first kappa shape index (κ1) is 16.4. The summed E-state index contributed by atoms with van der Waals surface area (Å²) in [4.78, 5) is 2.49. The zero-order valence-corrected chi connectivity index (χ0v) is 14.7. The maximum absolute atomic E-state index is 6.29. The van der Waals surface area contributed by atoms with E-state index in [0.29, 0.717) is 5.92 Å². The summed E-state index contributed by atoms with van der Waals surface area (Å²) in [7, 11) is 2.01. The van der Waals surface area contributed by atoms with Crippen molar-refractivity contribution in [3.63, 3.8) is 0 Å². The van der Waals surface area contributed by atoms with E-state index in [1.807, 2.05) is 13.1 Å². The van der Waals surface area contributed by atoms with Crippen molar-refractivity contribution in [2.45, 2.75) is 25.7 Å². The molecule has 0 aromatic heterocycles. The molecular formula is C20H25ClN2. The molecule has 0 saturated carbocycles. The van der Waals surface area contributed by atoms with Gasteiger partial charge in [-0.1, -0.05) is 41.9 Å². The molecule has 122 valence electrons. The summed E-state index contributed by atoms with van der Waals surface area (Å²) in [5.41, 5.74) is 5.56. The molecule has 1 heterocycles. The normalized spacial score (nSPS) is 17.2. The molecule has 2 aromatic rings. The Hall–Kier alpha value is -1.51. The lowest BCUT2D eigenvalue weighted by atomic mass is 9.82. The molecule has 0 fully saturated rings. The Labute approximate surface area is 144 Å². The number of halogens is 1. The van der Waals surface area contributed by atoms with E-state index in [1.54, 1.807) is 0 Å². The number of nitrogens with zero attached hydrogens (tertiary/aromatic N) is 1. The van der Waals surface area contributed by atoms with E-state index in [9.17, 15) is 0 Å². The van der Waals surface area contributed by atoms with Gasteiger partial charge in [0.05, 0.1) is 0 Å². The second-order valence-electron chi connectivity index (χ2n) is 6.35. The van der Waals surface area contributed by atoms with Gasteiger partial charge in [0.1, 0.15) is 0 Å². The van der Waals surface area contributed by atoms with Crippen molar-refractivity contribution in [2.24, 2.45) is 0 Å². The van der Waals surface area contributed by atoms with Crippen LogP contribution in [-0.2, 0) is 0 Å². The Bertz CT molecular complexity index is 668. The molecule has 3 heteroatoms. The third-order valence-corrected chi connectivity index (χ3v) is 5.05. The number of anilines is 1. The van der Waals surface area contributed by atoms with Gasteiger partial charge in [-0.3, -0.25) is 0 Å². The van der Waals surface area contributed by atoms with Gasteiger partial charge < -0.3 is 10.2 Å². The molecule has 0 radical (unpaired) electrons. The standard InChI is InChI=1S/C20H25ClN2/c1-15-6-3-4-7-17(15)18-10-13-23(12-5-11-22-2)20-14-16(21)8-9-19(18)20/h3-4,6-9,14,18,22H,5,10-13H2,1-2H3. The summed E-state index contributed by atoms with van der Waals surface area (Å²) in [6.07, 6.45) is 2.32. The summed E-state index contributed by atoms with van der Waals surface area (Å²) < 4.78 is 0. The fourth-order valence-corrected chi connectivity index (χ4v) is 3.79. The van der Waals surface area contributed by atoms with Gasteiger partial charge >= 0.3 is 0 Å². The van der Waals surface area contributed by atoms with Crippen molar-refractivity contribution in [2.75, 3.05) is 31.6 Å². The molecule has 23 heavy (non-hydrogen) atoms. The van der Waals surface area contributed by atoms with Crippen molar-refractivity contribution < 1.29 is 0 Å². The summed E-state index contributed by atoms with van der Waals surface area (Å²) >= 11 is 6.29. The van der Waals surface area contributed by atoms with Crippen LogP contribution in [-0.4, -0.2) is 26.7 Å². The highest BCUT2D eigenvalue weighted by Crippen LogP contribution is 2.41. The van der Waals surface area contributed by atoms with Crippen molar-refractivity contribution >= 4 is 17.3 Å². The molecule has 2 aromatic carbocycles. The van der Waals surface area contributed by atoms with E-state index in [4.69, 9.17) is 11.6 Å². The highest BCUT2D eigenvalue weighted by molar-refractivity contribution is 6.30. The van der Waals surface area contributed by atoms with E-state index in [0.717, 1.165) is 31.1 Å². The van der Waals surface area contributed by atoms with E-state index in [2.05, 4.69) is 53.5 Å². The van der Waals surface area contributed by atoms with Crippen LogP contribution < -0.4 is 10.2 Å². The van der Waals surface area contributed by atoms with Gasteiger partial charge in [-0.15, -0.1) is 0 Å². The van der Waals surface area contributed by atoms with Gasteiger partial charge in [0.2, 0.25) is 0 Å². The van der Waals surface area contributed by atoms with Crippen LogP contribution in [0.3, 0.4) is 0 Å². The number of nitrogens with one attached hydrogen (secondary N) is 1. The minimum Gasteiger partial charge on any atom is -0.371 e. The van der Waals surface area contributed by atoms with Crippen LogP contribution in [0.4, 0.5) is 5.69 Å². The van der Waals surface area contributed by atoms with Crippen molar-refractivity contribution in [1.29, 1.82) is 0 Å². The second-order valence-corrected chi connectivity index (χ2v) is 6.78. The van der Waals surface area contributed by atoms with E-state index in [-0.39, 0.29) is 0 Å². The van der Waals surface area contributed by atoms with Crippen LogP contribution in [0, 0.1) is 6.92 Å². The van der Waals surface area contributed by atoms with Crippen LogP contribution >= 0.6 is 11.6 Å². The van der Waals surface area contributed by atoms with E-state index >= 15 is 0 Å². The Morgan fingerprint density at radius 1 is 1.17 bits per heavy atom. The van der Waals surface area contributed by atoms with Crippen LogP contribution in [0.15, 0.2) is 42.5 Å². The second kappa shape index (κ2) is 7.37. The third-order valence-electron chi connectivity index (χ3n) is 4.81. The predicted molar refractivity (Wildman–Crippen MR) is 99.8 cm³/mol. The summed E-state index contributed by atoms with van der Waals surface area (Å²) in [6, 6.07) is 15.1. The Balaban J connectivity index is 1.94. The Morgan fingerprint density at radius 2 is 2.00 bits per heavy atom. The third kappa shape index (κ3) is 3.54. The van der Waals surface area contributed by atoms with Gasteiger partial charge in [0, 0.05) is 29.7 Å². The van der Waals surface area contributed by atoms with Crippen LogP contribution in [0.25, 0.3) is 0 Å². The zero-order chi connectivity index (χ0) is 16.2.